The predicted octanol–water partition coefficient (Wildman–Crippen LogP) is 2.32. The van der Waals surface area contributed by atoms with Gasteiger partial charge in [-0.2, -0.15) is 0 Å². The second-order valence-electron chi connectivity index (χ2n) is 6.32. The van der Waals surface area contributed by atoms with E-state index in [-0.39, 0.29) is 17.9 Å². The van der Waals surface area contributed by atoms with Gasteiger partial charge in [-0.1, -0.05) is 36.4 Å². The molecule has 0 saturated carbocycles. The third-order valence-electron chi connectivity index (χ3n) is 4.49. The van der Waals surface area contributed by atoms with Crippen molar-refractivity contribution in [2.75, 3.05) is 6.54 Å². The Morgan fingerprint density at radius 1 is 1.16 bits per heavy atom. The molecule has 3 rings (SSSR count). The largest absolute Gasteiger partial charge is 0.354 e. The van der Waals surface area contributed by atoms with Gasteiger partial charge in [0.1, 0.15) is 6.04 Å². The normalized spacial score (nSPS) is 16.9. The quantitative estimate of drug-likeness (QED) is 0.789. The van der Waals surface area contributed by atoms with E-state index in [1.165, 1.54) is 5.56 Å². The molecule has 130 valence electrons. The average Bonchev–Trinajstić information content (AvgIpc) is 3.01. The minimum Gasteiger partial charge on any atom is -0.354 e. The van der Waals surface area contributed by atoms with Crippen LogP contribution in [0, 0.1) is 0 Å². The molecule has 2 amide bonds. The minimum absolute atomic E-state index is 0.0482. The van der Waals surface area contributed by atoms with Crippen LogP contribution in [-0.2, 0) is 22.6 Å². The van der Waals surface area contributed by atoms with Crippen molar-refractivity contribution in [3.8, 4) is 0 Å². The van der Waals surface area contributed by atoms with Crippen LogP contribution in [0.3, 0.4) is 0 Å². The predicted molar refractivity (Wildman–Crippen MR) is 95.6 cm³/mol. The van der Waals surface area contributed by atoms with Gasteiger partial charge in [0.2, 0.25) is 11.8 Å². The van der Waals surface area contributed by atoms with Gasteiger partial charge >= 0.3 is 0 Å². The number of nitrogens with zero attached hydrogens (tertiary/aromatic N) is 2. The van der Waals surface area contributed by atoms with Gasteiger partial charge < -0.3 is 10.2 Å². The van der Waals surface area contributed by atoms with Crippen LogP contribution in [0.1, 0.15) is 30.4 Å². The summed E-state index contributed by atoms with van der Waals surface area (Å²) in [6, 6.07) is 13.4. The van der Waals surface area contributed by atoms with Crippen molar-refractivity contribution in [2.45, 2.75) is 38.3 Å². The summed E-state index contributed by atoms with van der Waals surface area (Å²) in [7, 11) is 0. The summed E-state index contributed by atoms with van der Waals surface area (Å²) in [6.45, 7) is 1.10. The molecule has 1 saturated heterocycles. The molecule has 1 atom stereocenters. The van der Waals surface area contributed by atoms with Crippen LogP contribution in [-0.4, -0.2) is 34.3 Å². The Kier molecular flexibility index (Phi) is 5.77. The summed E-state index contributed by atoms with van der Waals surface area (Å²) in [6.07, 6.45) is 6.38. The van der Waals surface area contributed by atoms with Crippen molar-refractivity contribution in [1.82, 2.24) is 15.2 Å². The monoisotopic (exact) mass is 337 g/mol. The first-order valence-corrected chi connectivity index (χ1v) is 8.74. The molecule has 0 aliphatic carbocycles. The SMILES string of the molecule is O=C(NCCCc1cccnc1)C1CCC(=O)N1Cc1ccccc1. The highest BCUT2D eigenvalue weighted by molar-refractivity contribution is 5.90. The van der Waals surface area contributed by atoms with Gasteiger partial charge in [0.25, 0.3) is 0 Å². The number of hydrogen-bond donors (Lipinski definition) is 1. The van der Waals surface area contributed by atoms with Gasteiger partial charge in [0.15, 0.2) is 0 Å². The molecule has 2 heterocycles. The zero-order valence-electron chi connectivity index (χ0n) is 14.2. The number of benzene rings is 1. The smallest absolute Gasteiger partial charge is 0.242 e. The highest BCUT2D eigenvalue weighted by Crippen LogP contribution is 2.21. The fourth-order valence-electron chi connectivity index (χ4n) is 3.15. The maximum Gasteiger partial charge on any atom is 0.242 e. The van der Waals surface area contributed by atoms with Gasteiger partial charge in [0, 0.05) is 31.9 Å². The lowest BCUT2D eigenvalue weighted by molar-refractivity contribution is -0.135. The summed E-state index contributed by atoms with van der Waals surface area (Å²) in [5.41, 5.74) is 2.21. The number of rotatable bonds is 7. The van der Waals surface area contributed by atoms with Gasteiger partial charge in [-0.3, -0.25) is 14.6 Å². The molecule has 1 unspecified atom stereocenters. The number of pyridine rings is 1. The molecular weight excluding hydrogens is 314 g/mol. The molecule has 2 aromatic rings. The van der Waals surface area contributed by atoms with Crippen molar-refractivity contribution >= 4 is 11.8 Å². The Morgan fingerprint density at radius 3 is 2.72 bits per heavy atom. The van der Waals surface area contributed by atoms with Gasteiger partial charge in [-0.25, -0.2) is 0 Å². The molecule has 5 heteroatoms. The third-order valence-corrected chi connectivity index (χ3v) is 4.49. The molecule has 25 heavy (non-hydrogen) atoms. The molecule has 0 bridgehead atoms. The first kappa shape index (κ1) is 17.1. The van der Waals surface area contributed by atoms with Crippen molar-refractivity contribution in [3.05, 3.63) is 66.0 Å². The highest BCUT2D eigenvalue weighted by Gasteiger charge is 2.35. The van der Waals surface area contributed by atoms with Crippen LogP contribution in [0.25, 0.3) is 0 Å². The van der Waals surface area contributed by atoms with Crippen LogP contribution >= 0.6 is 0 Å². The Labute approximate surface area is 148 Å². The molecule has 1 aliphatic rings. The Bertz CT molecular complexity index is 703. The summed E-state index contributed by atoms with van der Waals surface area (Å²) in [4.78, 5) is 30.4. The zero-order chi connectivity index (χ0) is 17.5. The lowest BCUT2D eigenvalue weighted by atomic mass is 10.1. The first-order valence-electron chi connectivity index (χ1n) is 8.74. The molecule has 1 fully saturated rings. The van der Waals surface area contributed by atoms with Crippen molar-refractivity contribution in [2.24, 2.45) is 0 Å². The Balaban J connectivity index is 1.49. The summed E-state index contributed by atoms with van der Waals surface area (Å²) >= 11 is 0. The molecular formula is C20H23N3O2. The van der Waals surface area contributed by atoms with Crippen LogP contribution < -0.4 is 5.32 Å². The summed E-state index contributed by atoms with van der Waals surface area (Å²) in [5.74, 6) is 0.00679. The molecule has 1 N–H and O–H groups in total. The van der Waals surface area contributed by atoms with Crippen LogP contribution in [0.15, 0.2) is 54.9 Å². The van der Waals surface area contributed by atoms with Crippen molar-refractivity contribution in [3.63, 3.8) is 0 Å². The number of likely N-dealkylation sites (tertiary alicyclic amines) is 1. The van der Waals surface area contributed by atoms with Crippen LogP contribution in [0.2, 0.25) is 0 Å². The molecule has 5 nitrogen and oxygen atoms in total. The molecule has 0 spiro atoms. The fraction of sp³-hybridized carbons (Fsp3) is 0.350. The zero-order valence-corrected chi connectivity index (χ0v) is 14.2. The molecule has 1 aromatic carbocycles. The van der Waals surface area contributed by atoms with E-state index in [2.05, 4.69) is 10.3 Å². The van der Waals surface area contributed by atoms with E-state index in [1.807, 2.05) is 48.7 Å². The fourth-order valence-corrected chi connectivity index (χ4v) is 3.15. The van der Waals surface area contributed by atoms with E-state index in [9.17, 15) is 9.59 Å². The second-order valence-corrected chi connectivity index (χ2v) is 6.32. The van der Waals surface area contributed by atoms with E-state index in [0.29, 0.717) is 25.9 Å². The maximum absolute atomic E-state index is 12.5. The lowest BCUT2D eigenvalue weighted by Crippen LogP contribution is -2.44. The summed E-state index contributed by atoms with van der Waals surface area (Å²) in [5, 5.41) is 2.98. The standard InChI is InChI=1S/C20H23N3O2/c24-19-11-10-18(23(19)15-17-6-2-1-3-7-17)20(25)22-13-5-9-16-8-4-12-21-14-16/h1-4,6-8,12,14,18H,5,9-11,13,15H2,(H,22,25). The first-order chi connectivity index (χ1) is 12.2. The van der Waals surface area contributed by atoms with E-state index in [0.717, 1.165) is 18.4 Å². The number of aryl methyl sites for hydroxylation is 1. The number of carbonyl (C=O) groups is 2. The van der Waals surface area contributed by atoms with Gasteiger partial charge in [0.05, 0.1) is 0 Å². The van der Waals surface area contributed by atoms with E-state index in [4.69, 9.17) is 0 Å². The average molecular weight is 337 g/mol. The van der Waals surface area contributed by atoms with E-state index in [1.54, 1.807) is 11.1 Å². The lowest BCUT2D eigenvalue weighted by Gasteiger charge is -2.24. The Morgan fingerprint density at radius 2 is 1.96 bits per heavy atom. The third kappa shape index (κ3) is 4.66. The number of hydrogen-bond acceptors (Lipinski definition) is 3. The molecule has 1 aromatic heterocycles. The number of amides is 2. The van der Waals surface area contributed by atoms with Crippen LogP contribution in [0.4, 0.5) is 0 Å². The Hall–Kier alpha value is -2.69. The number of aromatic nitrogens is 1. The summed E-state index contributed by atoms with van der Waals surface area (Å²) < 4.78 is 0. The van der Waals surface area contributed by atoms with Gasteiger partial charge in [-0.05, 0) is 36.5 Å². The van der Waals surface area contributed by atoms with E-state index < -0.39 is 0 Å². The minimum atomic E-state index is -0.355. The van der Waals surface area contributed by atoms with Gasteiger partial charge in [-0.15, -0.1) is 0 Å². The maximum atomic E-state index is 12.5. The van der Waals surface area contributed by atoms with Crippen molar-refractivity contribution in [1.29, 1.82) is 0 Å². The molecule has 0 radical (unpaired) electrons. The highest BCUT2D eigenvalue weighted by atomic mass is 16.2. The molecule has 1 aliphatic heterocycles. The number of nitrogens with one attached hydrogen (secondary N) is 1. The van der Waals surface area contributed by atoms with Crippen molar-refractivity contribution < 1.29 is 9.59 Å². The van der Waals surface area contributed by atoms with E-state index >= 15 is 0 Å². The van der Waals surface area contributed by atoms with Crippen LogP contribution in [0.5, 0.6) is 0 Å². The number of carbonyl (C=O) groups excluding carboxylic acids is 2. The topological polar surface area (TPSA) is 62.3 Å². The second kappa shape index (κ2) is 8.42.